The number of carbonyl (C=O) groups is 1. The number of nitrogens with one attached hydrogen (secondary N) is 2. The van der Waals surface area contributed by atoms with Crippen molar-refractivity contribution in [1.29, 1.82) is 0 Å². The Labute approximate surface area is 266 Å². The summed E-state index contributed by atoms with van der Waals surface area (Å²) in [6.45, 7) is 13.9. The minimum Gasteiger partial charge on any atom is -0.496 e. The number of morpholine rings is 1. The number of hydrogen-bond donors (Lipinski definition) is 2. The van der Waals surface area contributed by atoms with Crippen molar-refractivity contribution in [1.82, 2.24) is 15.2 Å². The highest BCUT2D eigenvalue weighted by molar-refractivity contribution is 5.97. The Morgan fingerprint density at radius 1 is 1.11 bits per heavy atom. The first-order valence-electron chi connectivity index (χ1n) is 16.8. The summed E-state index contributed by atoms with van der Waals surface area (Å²) in [6.07, 6.45) is 6.10. The van der Waals surface area contributed by atoms with Gasteiger partial charge in [0.1, 0.15) is 17.6 Å². The number of nitrogens with zero attached hydrogens (tertiary/aromatic N) is 2. The van der Waals surface area contributed by atoms with Crippen LogP contribution in [-0.4, -0.2) is 85.6 Å². The third-order valence-corrected chi connectivity index (χ3v) is 10.3. The van der Waals surface area contributed by atoms with Crippen LogP contribution in [0.4, 0.5) is 5.69 Å². The molecule has 5 fully saturated rings. The molecular formula is C35H50N4O6. The highest BCUT2D eigenvalue weighted by atomic mass is 16.5. The second-order valence-electron chi connectivity index (χ2n) is 13.6. The molecule has 3 aliphatic heterocycles. The number of H-pyrrole nitrogens is 1. The number of anilines is 1. The maximum atomic E-state index is 13.8. The van der Waals surface area contributed by atoms with Crippen molar-refractivity contribution in [2.24, 2.45) is 5.92 Å². The number of aromatic nitrogens is 1. The Balaban J connectivity index is 1.25. The molecule has 2 saturated carbocycles. The van der Waals surface area contributed by atoms with Crippen LogP contribution in [0.15, 0.2) is 23.0 Å². The number of methoxy groups -OCH3 is 1. The zero-order valence-electron chi connectivity index (χ0n) is 27.7. The Hall–Kier alpha value is -3.08. The molecule has 1 aromatic carbocycles. The van der Waals surface area contributed by atoms with Gasteiger partial charge in [-0.3, -0.25) is 14.5 Å². The Kier molecular flexibility index (Phi) is 9.45. The summed E-state index contributed by atoms with van der Waals surface area (Å²) in [4.78, 5) is 34.4. The molecule has 5 atom stereocenters. The number of carbonyl (C=O) groups excluding carboxylic acids is 1. The maximum Gasteiger partial charge on any atom is 0.256 e. The lowest BCUT2D eigenvalue weighted by molar-refractivity contribution is -0.103. The zero-order valence-corrected chi connectivity index (χ0v) is 27.7. The smallest absolute Gasteiger partial charge is 0.256 e. The SMILES string of the molecule is CCN(c1cc(OC2CC(N3CC(C)O[C@H](C)C3)C2)cc(C(=O)NCc2c(OC)cc(C)[nH]c2=O)c1C)C1CC2CCC1CO2. The van der Waals surface area contributed by atoms with E-state index in [1.54, 1.807) is 13.0 Å². The van der Waals surface area contributed by atoms with Crippen LogP contribution in [0.25, 0.3) is 0 Å². The van der Waals surface area contributed by atoms with Gasteiger partial charge in [-0.25, -0.2) is 0 Å². The first-order chi connectivity index (χ1) is 21.6. The van der Waals surface area contributed by atoms with Gasteiger partial charge < -0.3 is 34.1 Å². The molecule has 0 spiro atoms. The number of ether oxygens (including phenoxy) is 4. The first kappa shape index (κ1) is 31.9. The molecule has 10 heteroatoms. The number of benzene rings is 1. The summed E-state index contributed by atoms with van der Waals surface area (Å²) in [5, 5.41) is 3.00. The van der Waals surface area contributed by atoms with Gasteiger partial charge >= 0.3 is 0 Å². The molecule has 2 N–H and O–H groups in total. The molecule has 2 aliphatic carbocycles. The fourth-order valence-electron chi connectivity index (χ4n) is 7.96. The van der Waals surface area contributed by atoms with Crippen LogP contribution in [-0.2, 0) is 16.0 Å². The zero-order chi connectivity index (χ0) is 31.8. The van der Waals surface area contributed by atoms with Crippen molar-refractivity contribution in [3.63, 3.8) is 0 Å². The van der Waals surface area contributed by atoms with E-state index in [0.717, 1.165) is 63.2 Å². The summed E-state index contributed by atoms with van der Waals surface area (Å²) in [5.74, 6) is 1.41. The van der Waals surface area contributed by atoms with E-state index in [-0.39, 0.29) is 36.3 Å². The Morgan fingerprint density at radius 2 is 1.87 bits per heavy atom. The van der Waals surface area contributed by atoms with Gasteiger partial charge in [-0.15, -0.1) is 0 Å². The van der Waals surface area contributed by atoms with Gasteiger partial charge in [0.15, 0.2) is 0 Å². The van der Waals surface area contributed by atoms with Crippen molar-refractivity contribution in [2.75, 3.05) is 38.3 Å². The average molecular weight is 623 g/mol. The number of amides is 1. The van der Waals surface area contributed by atoms with Crippen LogP contribution in [0.2, 0.25) is 0 Å². The highest BCUT2D eigenvalue weighted by Crippen LogP contribution is 2.41. The van der Waals surface area contributed by atoms with Gasteiger partial charge in [0.2, 0.25) is 0 Å². The van der Waals surface area contributed by atoms with Gasteiger partial charge in [0, 0.05) is 73.5 Å². The van der Waals surface area contributed by atoms with Crippen LogP contribution >= 0.6 is 0 Å². The summed E-state index contributed by atoms with van der Waals surface area (Å²) in [7, 11) is 1.53. The third-order valence-electron chi connectivity index (χ3n) is 10.3. The molecule has 4 unspecified atom stereocenters. The van der Waals surface area contributed by atoms with Crippen LogP contribution < -0.4 is 25.2 Å². The Bertz CT molecular complexity index is 1420. The van der Waals surface area contributed by atoms with Gasteiger partial charge in [0.25, 0.3) is 11.5 Å². The fourth-order valence-corrected chi connectivity index (χ4v) is 7.96. The fraction of sp³-hybridized carbons (Fsp3) is 0.657. The van der Waals surface area contributed by atoms with Crippen LogP contribution in [0.1, 0.15) is 80.1 Å². The summed E-state index contributed by atoms with van der Waals surface area (Å²) >= 11 is 0. The van der Waals surface area contributed by atoms with Crippen LogP contribution in [0.5, 0.6) is 11.5 Å². The van der Waals surface area contributed by atoms with E-state index in [9.17, 15) is 9.59 Å². The molecule has 7 rings (SSSR count). The molecule has 2 aromatic rings. The molecule has 1 amide bonds. The topological polar surface area (TPSA) is 105 Å². The molecule has 3 saturated heterocycles. The normalized spacial score (nSPS) is 29.6. The van der Waals surface area contributed by atoms with E-state index in [0.29, 0.717) is 52.4 Å². The van der Waals surface area contributed by atoms with Crippen molar-refractivity contribution < 1.29 is 23.7 Å². The summed E-state index contributed by atoms with van der Waals surface area (Å²) in [6, 6.07) is 6.63. The molecule has 5 aliphatic rings. The van der Waals surface area contributed by atoms with E-state index in [1.165, 1.54) is 13.5 Å². The number of aryl methyl sites for hydroxylation is 1. The molecule has 1 aromatic heterocycles. The van der Waals surface area contributed by atoms with E-state index in [4.69, 9.17) is 18.9 Å². The lowest BCUT2D eigenvalue weighted by Crippen LogP contribution is -2.56. The van der Waals surface area contributed by atoms with Crippen molar-refractivity contribution in [3.05, 3.63) is 50.9 Å². The molecule has 246 valence electrons. The standard InChI is InChI=1S/C35H50N4O6/c1-7-39(32-14-26-9-8-24(32)19-43-26)31-15-28(45-27-11-25(12-27)38-17-21(3)44-22(4)18-38)13-29(23(31)5)34(40)36-16-30-33(42-6)10-20(2)37-35(30)41/h10,13,15,21-22,24-27,32H,7-9,11-12,14,16-19H2,1-6H3,(H,36,40)(H,37,41)/t21-,22?,24?,25?,26?,27?,32?/m1/s1. The van der Waals surface area contributed by atoms with E-state index < -0.39 is 0 Å². The van der Waals surface area contributed by atoms with Crippen LogP contribution in [0, 0.1) is 19.8 Å². The van der Waals surface area contributed by atoms with Crippen molar-refractivity contribution in [2.45, 2.75) is 110 Å². The number of rotatable bonds is 10. The highest BCUT2D eigenvalue weighted by Gasteiger charge is 2.41. The third kappa shape index (κ3) is 6.74. The number of pyridine rings is 1. The number of fused-ring (bicyclic) bond motifs is 3. The maximum absolute atomic E-state index is 13.8. The molecular weight excluding hydrogens is 572 g/mol. The molecule has 2 bridgehead atoms. The molecule has 45 heavy (non-hydrogen) atoms. The quantitative estimate of drug-likeness (QED) is 0.403. The second kappa shape index (κ2) is 13.3. The lowest BCUT2D eigenvalue weighted by Gasteiger charge is -2.48. The number of hydrogen-bond acceptors (Lipinski definition) is 8. The summed E-state index contributed by atoms with van der Waals surface area (Å²) in [5.41, 5.74) is 3.34. The predicted octanol–water partition coefficient (Wildman–Crippen LogP) is 4.34. The second-order valence-corrected chi connectivity index (χ2v) is 13.6. The van der Waals surface area contributed by atoms with E-state index in [2.05, 4.69) is 46.9 Å². The van der Waals surface area contributed by atoms with Gasteiger partial charge in [-0.1, -0.05) is 0 Å². The largest absolute Gasteiger partial charge is 0.496 e. The monoisotopic (exact) mass is 622 g/mol. The van der Waals surface area contributed by atoms with E-state index in [1.807, 2.05) is 13.0 Å². The Morgan fingerprint density at radius 3 is 2.49 bits per heavy atom. The molecule has 4 heterocycles. The van der Waals surface area contributed by atoms with Gasteiger partial charge in [-0.05, 0) is 71.6 Å². The van der Waals surface area contributed by atoms with E-state index >= 15 is 0 Å². The van der Waals surface area contributed by atoms with Gasteiger partial charge in [0.05, 0.1) is 44.1 Å². The number of aromatic amines is 1. The molecule has 10 nitrogen and oxygen atoms in total. The lowest BCUT2D eigenvalue weighted by atomic mass is 9.79. The first-order valence-corrected chi connectivity index (χ1v) is 16.8. The average Bonchev–Trinajstić information content (AvgIpc) is 2.99. The predicted molar refractivity (Wildman–Crippen MR) is 174 cm³/mol. The van der Waals surface area contributed by atoms with Crippen molar-refractivity contribution in [3.8, 4) is 11.5 Å². The van der Waals surface area contributed by atoms with Crippen LogP contribution in [0.3, 0.4) is 0 Å². The minimum atomic E-state index is -0.267. The summed E-state index contributed by atoms with van der Waals surface area (Å²) < 4.78 is 24.1. The van der Waals surface area contributed by atoms with Gasteiger partial charge in [-0.2, -0.15) is 0 Å². The molecule has 0 radical (unpaired) electrons. The minimum absolute atomic E-state index is 0.0549. The van der Waals surface area contributed by atoms with Crippen molar-refractivity contribution >= 4 is 11.6 Å².